The molecule has 2 rings (SSSR count). The zero-order valence-corrected chi connectivity index (χ0v) is 13.6. The van der Waals surface area contributed by atoms with Gasteiger partial charge in [-0.05, 0) is 39.5 Å². The average Bonchev–Trinajstić information content (AvgIpc) is 2.35. The molecular formula is C16H21BrO. The molecule has 0 aromatic heterocycles. The SMILES string of the molecule is CC1(C)c2cc(Br)c(C=O)cc2C(C)(C)C1(C)C. The zero-order valence-electron chi connectivity index (χ0n) is 12.0. The topological polar surface area (TPSA) is 17.1 Å². The monoisotopic (exact) mass is 308 g/mol. The van der Waals surface area contributed by atoms with Gasteiger partial charge in [0.25, 0.3) is 0 Å². The molecule has 0 bridgehead atoms. The number of halogens is 1. The molecule has 0 atom stereocenters. The molecule has 0 heterocycles. The van der Waals surface area contributed by atoms with Crippen molar-refractivity contribution in [1.29, 1.82) is 0 Å². The summed E-state index contributed by atoms with van der Waals surface area (Å²) in [7, 11) is 0. The highest BCUT2D eigenvalue weighted by molar-refractivity contribution is 9.10. The minimum Gasteiger partial charge on any atom is -0.298 e. The van der Waals surface area contributed by atoms with Crippen molar-refractivity contribution in [2.75, 3.05) is 0 Å². The maximum absolute atomic E-state index is 11.1. The fourth-order valence-electron chi connectivity index (χ4n) is 3.17. The zero-order chi connectivity index (χ0) is 13.9. The maximum Gasteiger partial charge on any atom is 0.151 e. The molecule has 1 aliphatic rings. The van der Waals surface area contributed by atoms with Gasteiger partial charge >= 0.3 is 0 Å². The minimum absolute atomic E-state index is 0.0598. The Morgan fingerprint density at radius 1 is 0.944 bits per heavy atom. The fourth-order valence-corrected chi connectivity index (χ4v) is 3.61. The van der Waals surface area contributed by atoms with Crippen molar-refractivity contribution in [3.8, 4) is 0 Å². The highest BCUT2D eigenvalue weighted by Crippen LogP contribution is 2.61. The van der Waals surface area contributed by atoms with Gasteiger partial charge in [-0.1, -0.05) is 57.5 Å². The first-order valence-corrected chi connectivity index (χ1v) is 7.16. The lowest BCUT2D eigenvalue weighted by molar-refractivity contribution is 0.112. The van der Waals surface area contributed by atoms with Crippen molar-refractivity contribution in [3.05, 3.63) is 33.3 Å². The summed E-state index contributed by atoms with van der Waals surface area (Å²) < 4.78 is 0.901. The fraction of sp³-hybridized carbons (Fsp3) is 0.562. The van der Waals surface area contributed by atoms with Gasteiger partial charge < -0.3 is 0 Å². The smallest absolute Gasteiger partial charge is 0.151 e. The summed E-state index contributed by atoms with van der Waals surface area (Å²) in [4.78, 5) is 11.1. The number of carbonyl (C=O) groups is 1. The first-order chi connectivity index (χ1) is 8.07. The predicted octanol–water partition coefficient (Wildman–Crippen LogP) is 4.86. The van der Waals surface area contributed by atoms with Crippen molar-refractivity contribution in [3.63, 3.8) is 0 Å². The third kappa shape index (κ3) is 1.41. The van der Waals surface area contributed by atoms with E-state index in [4.69, 9.17) is 0 Å². The van der Waals surface area contributed by atoms with Crippen LogP contribution in [0.4, 0.5) is 0 Å². The lowest BCUT2D eigenvalue weighted by Gasteiger charge is -2.44. The Morgan fingerprint density at radius 3 is 1.83 bits per heavy atom. The van der Waals surface area contributed by atoms with Gasteiger partial charge in [0.1, 0.15) is 0 Å². The lowest BCUT2D eigenvalue weighted by Crippen LogP contribution is -2.42. The number of rotatable bonds is 1. The van der Waals surface area contributed by atoms with E-state index in [-0.39, 0.29) is 16.2 Å². The number of benzene rings is 1. The predicted molar refractivity (Wildman–Crippen MR) is 79.4 cm³/mol. The molecule has 0 radical (unpaired) electrons. The highest BCUT2D eigenvalue weighted by Gasteiger charge is 2.56. The van der Waals surface area contributed by atoms with Gasteiger partial charge in [0, 0.05) is 10.0 Å². The normalized spacial score (nSPS) is 22.6. The molecule has 0 aliphatic heterocycles. The first kappa shape index (κ1) is 13.8. The largest absolute Gasteiger partial charge is 0.298 e. The minimum atomic E-state index is 0.0598. The standard InChI is InChI=1S/C16H21BrO/c1-14(2)11-7-10(9-18)13(17)8-12(11)15(3,4)16(14,5)6/h7-9H,1-6H3. The Balaban J connectivity index is 2.83. The summed E-state index contributed by atoms with van der Waals surface area (Å²) in [6.45, 7) is 13.8. The van der Waals surface area contributed by atoms with Crippen molar-refractivity contribution < 1.29 is 4.79 Å². The van der Waals surface area contributed by atoms with Crippen LogP contribution in [0.5, 0.6) is 0 Å². The van der Waals surface area contributed by atoms with E-state index < -0.39 is 0 Å². The molecule has 1 aromatic carbocycles. The second-order valence-corrected chi connectivity index (χ2v) is 7.77. The van der Waals surface area contributed by atoms with E-state index in [9.17, 15) is 4.79 Å². The van der Waals surface area contributed by atoms with E-state index in [1.54, 1.807) is 0 Å². The van der Waals surface area contributed by atoms with Crippen molar-refractivity contribution in [2.24, 2.45) is 5.41 Å². The van der Waals surface area contributed by atoms with E-state index in [1.807, 2.05) is 0 Å². The molecule has 0 N–H and O–H groups in total. The molecule has 0 unspecified atom stereocenters. The van der Waals surface area contributed by atoms with Gasteiger partial charge in [0.2, 0.25) is 0 Å². The van der Waals surface area contributed by atoms with Gasteiger partial charge in [0.05, 0.1) is 0 Å². The van der Waals surface area contributed by atoms with Crippen LogP contribution < -0.4 is 0 Å². The van der Waals surface area contributed by atoms with Gasteiger partial charge in [-0.3, -0.25) is 4.79 Å². The van der Waals surface area contributed by atoms with E-state index in [1.165, 1.54) is 11.1 Å². The maximum atomic E-state index is 11.1. The van der Waals surface area contributed by atoms with Crippen LogP contribution in [0.3, 0.4) is 0 Å². The third-order valence-corrected chi connectivity index (χ3v) is 6.42. The molecule has 0 fully saturated rings. The van der Waals surface area contributed by atoms with E-state index >= 15 is 0 Å². The van der Waals surface area contributed by atoms with Crippen molar-refractivity contribution in [2.45, 2.75) is 52.4 Å². The molecular weight excluding hydrogens is 288 g/mol. The Labute approximate surface area is 118 Å². The molecule has 0 saturated carbocycles. The summed E-state index contributed by atoms with van der Waals surface area (Å²) in [6, 6.07) is 4.19. The van der Waals surface area contributed by atoms with Crippen LogP contribution in [0.15, 0.2) is 16.6 Å². The van der Waals surface area contributed by atoms with Crippen LogP contribution in [0.25, 0.3) is 0 Å². The number of fused-ring (bicyclic) bond motifs is 1. The third-order valence-electron chi connectivity index (χ3n) is 5.74. The van der Waals surface area contributed by atoms with E-state index in [0.29, 0.717) is 0 Å². The van der Waals surface area contributed by atoms with Gasteiger partial charge in [-0.15, -0.1) is 0 Å². The van der Waals surface area contributed by atoms with Gasteiger partial charge in [-0.25, -0.2) is 0 Å². The Hall–Kier alpha value is -0.630. The quantitative estimate of drug-likeness (QED) is 0.677. The molecule has 0 saturated heterocycles. The average molecular weight is 309 g/mol. The van der Waals surface area contributed by atoms with Crippen LogP contribution in [-0.4, -0.2) is 6.29 Å². The van der Waals surface area contributed by atoms with Crippen LogP contribution in [0, 0.1) is 5.41 Å². The second-order valence-electron chi connectivity index (χ2n) is 6.91. The lowest BCUT2D eigenvalue weighted by atomic mass is 9.59. The number of hydrogen-bond donors (Lipinski definition) is 0. The summed E-state index contributed by atoms with van der Waals surface area (Å²) in [5, 5.41) is 0. The Bertz CT molecular complexity index is 524. The molecule has 1 aliphatic carbocycles. The van der Waals surface area contributed by atoms with Crippen molar-refractivity contribution >= 4 is 22.2 Å². The summed E-state index contributed by atoms with van der Waals surface area (Å²) in [6.07, 6.45) is 0.929. The number of carbonyl (C=O) groups excluding carboxylic acids is 1. The number of hydrogen-bond acceptors (Lipinski definition) is 1. The molecule has 1 nitrogen and oxygen atoms in total. The second kappa shape index (κ2) is 3.69. The molecule has 18 heavy (non-hydrogen) atoms. The van der Waals surface area contributed by atoms with Crippen LogP contribution in [-0.2, 0) is 10.8 Å². The highest BCUT2D eigenvalue weighted by atomic mass is 79.9. The Morgan fingerprint density at radius 2 is 1.39 bits per heavy atom. The summed E-state index contributed by atoms with van der Waals surface area (Å²) in [5.74, 6) is 0. The van der Waals surface area contributed by atoms with E-state index in [0.717, 1.165) is 16.3 Å². The van der Waals surface area contributed by atoms with Gasteiger partial charge in [0.15, 0.2) is 6.29 Å². The Kier molecular flexibility index (Phi) is 2.83. The van der Waals surface area contributed by atoms with Gasteiger partial charge in [-0.2, -0.15) is 0 Å². The molecule has 0 spiro atoms. The first-order valence-electron chi connectivity index (χ1n) is 6.37. The van der Waals surface area contributed by atoms with Crippen LogP contribution in [0.2, 0.25) is 0 Å². The van der Waals surface area contributed by atoms with E-state index in [2.05, 4.69) is 69.6 Å². The molecule has 2 heteroatoms. The molecule has 98 valence electrons. The van der Waals surface area contributed by atoms with Crippen LogP contribution >= 0.6 is 15.9 Å². The summed E-state index contributed by atoms with van der Waals surface area (Å²) in [5.41, 5.74) is 3.71. The summed E-state index contributed by atoms with van der Waals surface area (Å²) >= 11 is 3.51. The number of aldehydes is 1. The molecule has 0 amide bonds. The molecule has 1 aromatic rings. The van der Waals surface area contributed by atoms with Crippen LogP contribution in [0.1, 0.15) is 63.0 Å². The van der Waals surface area contributed by atoms with Crippen molar-refractivity contribution in [1.82, 2.24) is 0 Å².